The monoisotopic (exact) mass is 696 g/mol. The Bertz CT molecular complexity index is 2840. The average molecular weight is 697 g/mol. The molecule has 6 heteroatoms. The van der Waals surface area contributed by atoms with Crippen molar-refractivity contribution < 1.29 is 4.39 Å². The van der Waals surface area contributed by atoms with E-state index in [0.717, 1.165) is 72.3 Å². The van der Waals surface area contributed by atoms with Crippen LogP contribution in [0.5, 0.6) is 0 Å². The summed E-state index contributed by atoms with van der Waals surface area (Å²) in [5.41, 5.74) is 28.0. The normalized spacial score (nSPS) is 11.6. The zero-order valence-corrected chi connectivity index (χ0v) is 29.3. The van der Waals surface area contributed by atoms with Gasteiger partial charge >= 0.3 is 0 Å². The second-order valence-electron chi connectivity index (χ2n) is 14.1. The molecule has 0 aliphatic heterocycles. The number of rotatable bonds is 6. The number of nitrogens with two attached hydrogens (primary N) is 2. The number of nitrogen functional groups attached to an aromatic ring is 2. The Balaban J connectivity index is 1.17. The Morgan fingerprint density at radius 2 is 0.778 bits per heavy atom. The molecular weight excluding hydrogens is 662 g/mol. The van der Waals surface area contributed by atoms with Crippen LogP contribution in [0.25, 0.3) is 77.0 Å². The third-order valence-electron chi connectivity index (χ3n) is 10.9. The molecule has 10 rings (SSSR count). The predicted octanol–water partition coefficient (Wildman–Crippen LogP) is 9.78. The van der Waals surface area contributed by atoms with Gasteiger partial charge in [0.15, 0.2) is 0 Å². The lowest BCUT2D eigenvalue weighted by atomic mass is 9.36. The van der Waals surface area contributed by atoms with E-state index in [1.807, 2.05) is 36.4 Å². The summed E-state index contributed by atoms with van der Waals surface area (Å²) in [7, 11) is 0. The van der Waals surface area contributed by atoms with Gasteiger partial charge in [0.2, 0.25) is 6.71 Å². The molecule has 0 radical (unpaired) electrons. The van der Waals surface area contributed by atoms with Gasteiger partial charge in [-0.05, 0) is 105 Å². The van der Waals surface area contributed by atoms with E-state index in [0.29, 0.717) is 0 Å². The molecule has 0 unspecified atom stereocenters. The zero-order valence-electron chi connectivity index (χ0n) is 29.3. The number of anilines is 2. The van der Waals surface area contributed by atoms with Crippen LogP contribution in [0.4, 0.5) is 15.8 Å². The van der Waals surface area contributed by atoms with Gasteiger partial charge in [-0.1, -0.05) is 115 Å². The van der Waals surface area contributed by atoms with E-state index in [1.54, 1.807) is 0 Å². The number of fused-ring (bicyclic) bond motifs is 6. The lowest BCUT2D eigenvalue weighted by Crippen LogP contribution is -2.52. The molecule has 0 aliphatic rings. The molecular formula is C48H34BFN4. The summed E-state index contributed by atoms with van der Waals surface area (Å²) in [4.78, 5) is 7.65. The first-order valence-electron chi connectivity index (χ1n) is 18.1. The van der Waals surface area contributed by atoms with Crippen molar-refractivity contribution >= 4 is 78.1 Å². The minimum Gasteiger partial charge on any atom is -0.399 e. The first kappa shape index (κ1) is 31.7. The Morgan fingerprint density at radius 3 is 1.24 bits per heavy atom. The van der Waals surface area contributed by atoms with E-state index in [1.165, 1.54) is 44.6 Å². The SMILES string of the molecule is Nc1ccc(-c2ccc3[nH]c4c(B(c5ccc(-c6ccc(F)cc6)cc5)c5cccc6c5[nH]c5ccc(-c7ccc(N)cc7)cc56)cccc4c3c2)cc1. The van der Waals surface area contributed by atoms with Crippen LogP contribution in [-0.4, -0.2) is 16.7 Å². The van der Waals surface area contributed by atoms with Crippen LogP contribution in [0.2, 0.25) is 0 Å². The number of nitrogens with one attached hydrogen (secondary N) is 2. The largest absolute Gasteiger partial charge is 0.399 e. The van der Waals surface area contributed by atoms with Gasteiger partial charge in [0.25, 0.3) is 0 Å². The van der Waals surface area contributed by atoms with Gasteiger partial charge in [-0.2, -0.15) is 0 Å². The highest BCUT2D eigenvalue weighted by Gasteiger charge is 2.28. The topological polar surface area (TPSA) is 83.6 Å². The van der Waals surface area contributed by atoms with Crippen molar-refractivity contribution in [1.82, 2.24) is 9.97 Å². The van der Waals surface area contributed by atoms with Crippen LogP contribution < -0.4 is 27.9 Å². The van der Waals surface area contributed by atoms with E-state index in [2.05, 4.69) is 131 Å². The van der Waals surface area contributed by atoms with Crippen molar-refractivity contribution in [1.29, 1.82) is 0 Å². The fourth-order valence-electron chi connectivity index (χ4n) is 8.12. The lowest BCUT2D eigenvalue weighted by molar-refractivity contribution is 0.628. The van der Waals surface area contributed by atoms with Crippen molar-refractivity contribution in [2.45, 2.75) is 0 Å². The summed E-state index contributed by atoms with van der Waals surface area (Å²) < 4.78 is 13.8. The second-order valence-corrected chi connectivity index (χ2v) is 14.1. The maximum atomic E-state index is 13.8. The minimum absolute atomic E-state index is 0.117. The lowest BCUT2D eigenvalue weighted by Gasteiger charge is -2.18. The summed E-state index contributed by atoms with van der Waals surface area (Å²) in [5, 5.41) is 4.69. The van der Waals surface area contributed by atoms with Gasteiger partial charge in [0.1, 0.15) is 5.82 Å². The third-order valence-corrected chi connectivity index (χ3v) is 10.9. The molecule has 4 nitrogen and oxygen atoms in total. The summed E-state index contributed by atoms with van der Waals surface area (Å²) in [6, 6.07) is 57.9. The van der Waals surface area contributed by atoms with Crippen molar-refractivity contribution in [3.05, 3.63) is 176 Å². The average Bonchev–Trinajstić information content (AvgIpc) is 3.78. The number of H-pyrrole nitrogens is 2. The Labute approximate surface area is 312 Å². The van der Waals surface area contributed by atoms with Crippen molar-refractivity contribution in [3.63, 3.8) is 0 Å². The first-order chi connectivity index (χ1) is 26.5. The van der Waals surface area contributed by atoms with Gasteiger partial charge in [-0.25, -0.2) is 4.39 Å². The molecule has 0 fully saturated rings. The van der Waals surface area contributed by atoms with Crippen LogP contribution in [0, 0.1) is 5.82 Å². The molecule has 0 saturated heterocycles. The summed E-state index contributed by atoms with van der Waals surface area (Å²) in [6.45, 7) is -0.117. The highest BCUT2D eigenvalue weighted by molar-refractivity contribution is 6.98. The molecule has 2 aromatic heterocycles. The molecule has 0 aliphatic carbocycles. The quantitative estimate of drug-likeness (QED) is 0.103. The highest BCUT2D eigenvalue weighted by Crippen LogP contribution is 2.32. The van der Waals surface area contributed by atoms with Gasteiger partial charge in [-0.15, -0.1) is 0 Å². The number of aromatic nitrogens is 2. The second kappa shape index (κ2) is 12.6. The maximum Gasteiger partial charge on any atom is 0.246 e. The summed E-state index contributed by atoms with van der Waals surface area (Å²) in [6.07, 6.45) is 0. The zero-order chi connectivity index (χ0) is 36.3. The molecule has 6 N–H and O–H groups in total. The first-order valence-corrected chi connectivity index (χ1v) is 18.1. The molecule has 0 bridgehead atoms. The molecule has 8 aromatic carbocycles. The van der Waals surface area contributed by atoms with Crippen LogP contribution in [0.15, 0.2) is 170 Å². The molecule has 0 amide bonds. The number of para-hydroxylation sites is 2. The van der Waals surface area contributed by atoms with Crippen LogP contribution >= 0.6 is 0 Å². The standard InChI is InChI=1S/C48H34BFN4/c50-36-19-9-30(10-20-36)29-7-17-35(18-8-29)49(43-5-1-3-39-41-27-33(15-25-45(41)53-47(39)43)31-11-21-37(51)22-12-31)44-6-2-4-40-42-28-34(16-26-46(42)54-48(40)44)32-13-23-38(52)24-14-32/h1-28,53-54H,51-52H2. The number of hydrogen-bond acceptors (Lipinski definition) is 2. The van der Waals surface area contributed by atoms with Gasteiger partial charge in [-0.3, -0.25) is 0 Å². The van der Waals surface area contributed by atoms with Gasteiger partial charge in [0, 0.05) is 55.0 Å². The molecule has 0 spiro atoms. The minimum atomic E-state index is -0.241. The molecule has 10 aromatic rings. The van der Waals surface area contributed by atoms with E-state index in [4.69, 9.17) is 11.5 Å². The van der Waals surface area contributed by atoms with Crippen molar-refractivity contribution in [3.8, 4) is 33.4 Å². The van der Waals surface area contributed by atoms with Crippen LogP contribution in [-0.2, 0) is 0 Å². The fraction of sp³-hybridized carbons (Fsp3) is 0. The Hall–Kier alpha value is -7.05. The summed E-state index contributed by atoms with van der Waals surface area (Å²) >= 11 is 0. The molecule has 54 heavy (non-hydrogen) atoms. The van der Waals surface area contributed by atoms with E-state index < -0.39 is 0 Å². The van der Waals surface area contributed by atoms with E-state index in [-0.39, 0.29) is 12.5 Å². The maximum absolute atomic E-state index is 13.8. The number of hydrogen-bond donors (Lipinski definition) is 4. The van der Waals surface area contributed by atoms with Crippen molar-refractivity contribution in [2.75, 3.05) is 11.5 Å². The Kier molecular flexibility index (Phi) is 7.37. The van der Waals surface area contributed by atoms with Gasteiger partial charge in [0.05, 0.1) is 0 Å². The van der Waals surface area contributed by atoms with Crippen LogP contribution in [0.1, 0.15) is 0 Å². The van der Waals surface area contributed by atoms with E-state index >= 15 is 0 Å². The smallest absolute Gasteiger partial charge is 0.246 e. The highest BCUT2D eigenvalue weighted by atomic mass is 19.1. The van der Waals surface area contributed by atoms with Crippen molar-refractivity contribution in [2.24, 2.45) is 0 Å². The molecule has 256 valence electrons. The number of halogens is 1. The molecule has 0 atom stereocenters. The van der Waals surface area contributed by atoms with Crippen LogP contribution in [0.3, 0.4) is 0 Å². The molecule has 0 saturated carbocycles. The number of aromatic amines is 2. The van der Waals surface area contributed by atoms with E-state index in [9.17, 15) is 4.39 Å². The number of benzene rings is 8. The van der Waals surface area contributed by atoms with Gasteiger partial charge < -0.3 is 21.4 Å². The fourth-order valence-corrected chi connectivity index (χ4v) is 8.12. The Morgan fingerprint density at radius 1 is 0.389 bits per heavy atom. The third kappa shape index (κ3) is 5.39. The summed E-state index contributed by atoms with van der Waals surface area (Å²) in [5.74, 6) is -0.241. The molecule has 2 heterocycles. The predicted molar refractivity (Wildman–Crippen MR) is 228 cm³/mol.